The Hall–Kier alpha value is -3.50. The van der Waals surface area contributed by atoms with Crippen molar-refractivity contribution in [2.24, 2.45) is 23.2 Å². The molecule has 3 aromatic heterocycles. The molecule has 3 aliphatic carbocycles. The van der Waals surface area contributed by atoms with E-state index in [9.17, 15) is 0 Å². The maximum absolute atomic E-state index is 15.8. The van der Waals surface area contributed by atoms with Crippen molar-refractivity contribution in [1.29, 1.82) is 0 Å². The number of anilines is 1. The van der Waals surface area contributed by atoms with Gasteiger partial charge < -0.3 is 24.1 Å². The van der Waals surface area contributed by atoms with Gasteiger partial charge >= 0.3 is 0 Å². The number of rotatable bonds is 9. The highest BCUT2D eigenvalue weighted by molar-refractivity contribution is 6.34. The lowest BCUT2D eigenvalue weighted by atomic mass is 9.77. The number of halogens is 3. The summed E-state index contributed by atoms with van der Waals surface area (Å²) in [4.78, 5) is 13.6. The van der Waals surface area contributed by atoms with Crippen LogP contribution in [0.2, 0.25) is 10.2 Å². The molecular formula is C37H36Cl2FN5O3. The first kappa shape index (κ1) is 30.6. The second-order valence-electron chi connectivity index (χ2n) is 14.4. The predicted octanol–water partition coefficient (Wildman–Crippen LogP) is 8.40. The number of benzene rings is 2. The van der Waals surface area contributed by atoms with Gasteiger partial charge in [0.05, 0.1) is 35.2 Å². The summed E-state index contributed by atoms with van der Waals surface area (Å²) in [7, 11) is 1.64. The summed E-state index contributed by atoms with van der Waals surface area (Å²) in [6, 6.07) is 15.2. The highest BCUT2D eigenvalue weighted by atomic mass is 35.5. The quantitative estimate of drug-likeness (QED) is 0.156. The highest BCUT2D eigenvalue weighted by Crippen LogP contribution is 2.77. The number of hydrogen-bond donors (Lipinski definition) is 1. The monoisotopic (exact) mass is 687 g/mol. The summed E-state index contributed by atoms with van der Waals surface area (Å²) >= 11 is 13.0. The maximum atomic E-state index is 15.8. The molecule has 11 heteroatoms. The van der Waals surface area contributed by atoms with Crippen LogP contribution < -0.4 is 10.1 Å². The van der Waals surface area contributed by atoms with Crippen LogP contribution in [0.4, 0.5) is 10.2 Å². The largest absolute Gasteiger partial charge is 0.497 e. The molecule has 0 radical (unpaired) electrons. The lowest BCUT2D eigenvalue weighted by Gasteiger charge is -2.32. The molecule has 248 valence electrons. The van der Waals surface area contributed by atoms with Crippen molar-refractivity contribution >= 4 is 51.0 Å². The SMILES string of the molecule is COc1ccc(CNc2nc3cc(CC(C4CC4)[C@@]45C[C@@H]4[C@@H](n4ccc6c(Cl)ncnc64)[C@@H]4OC(C)(C)O[C@@H]45)cc(F)c3cc2Cl)cc1. The molecule has 2 aromatic carbocycles. The normalized spacial score (nSPS) is 27.6. The average molecular weight is 689 g/mol. The van der Waals surface area contributed by atoms with E-state index in [2.05, 4.69) is 26.0 Å². The number of pyridine rings is 1. The van der Waals surface area contributed by atoms with Crippen molar-refractivity contribution < 1.29 is 18.6 Å². The van der Waals surface area contributed by atoms with Gasteiger partial charge in [-0.05, 0) is 105 Å². The van der Waals surface area contributed by atoms with Gasteiger partial charge in [-0.25, -0.2) is 19.3 Å². The molecule has 1 unspecified atom stereocenters. The minimum atomic E-state index is -0.703. The van der Waals surface area contributed by atoms with Gasteiger partial charge in [0.15, 0.2) is 5.79 Å². The van der Waals surface area contributed by atoms with Crippen LogP contribution in [0, 0.1) is 29.0 Å². The topological polar surface area (TPSA) is 83.3 Å². The minimum Gasteiger partial charge on any atom is -0.497 e. The molecule has 1 aliphatic heterocycles. The van der Waals surface area contributed by atoms with E-state index in [0.717, 1.165) is 40.8 Å². The molecule has 0 amide bonds. The average Bonchev–Trinajstić information content (AvgIpc) is 3.95. The van der Waals surface area contributed by atoms with Crippen molar-refractivity contribution in [3.05, 3.63) is 88.2 Å². The van der Waals surface area contributed by atoms with E-state index in [1.165, 1.54) is 19.2 Å². The fourth-order valence-electron chi connectivity index (χ4n) is 8.92. The van der Waals surface area contributed by atoms with Crippen molar-refractivity contribution in [2.45, 2.75) is 70.1 Å². The van der Waals surface area contributed by atoms with E-state index in [0.29, 0.717) is 51.2 Å². The summed E-state index contributed by atoms with van der Waals surface area (Å²) in [6.45, 7) is 4.53. The van der Waals surface area contributed by atoms with Gasteiger partial charge in [-0.3, -0.25) is 0 Å². The maximum Gasteiger partial charge on any atom is 0.163 e. The summed E-state index contributed by atoms with van der Waals surface area (Å²) in [5.41, 5.74) is 3.32. The Bertz CT molecular complexity index is 2070. The smallest absolute Gasteiger partial charge is 0.163 e. The van der Waals surface area contributed by atoms with Gasteiger partial charge in [0.1, 0.15) is 40.6 Å². The van der Waals surface area contributed by atoms with Gasteiger partial charge in [0, 0.05) is 23.5 Å². The predicted molar refractivity (Wildman–Crippen MR) is 183 cm³/mol. The fourth-order valence-corrected chi connectivity index (χ4v) is 9.33. The van der Waals surface area contributed by atoms with Gasteiger partial charge in [0.2, 0.25) is 0 Å². The Labute approximate surface area is 287 Å². The third kappa shape index (κ3) is 4.88. The van der Waals surface area contributed by atoms with Crippen LogP contribution in [0.1, 0.15) is 50.3 Å². The molecule has 1 saturated heterocycles. The van der Waals surface area contributed by atoms with Gasteiger partial charge in [0.25, 0.3) is 0 Å². The van der Waals surface area contributed by atoms with Crippen LogP contribution in [-0.2, 0) is 22.4 Å². The Morgan fingerprint density at radius 2 is 1.85 bits per heavy atom. The molecule has 0 spiro atoms. The zero-order valence-electron chi connectivity index (χ0n) is 26.9. The van der Waals surface area contributed by atoms with Crippen LogP contribution >= 0.6 is 23.2 Å². The molecule has 5 aromatic rings. The lowest BCUT2D eigenvalue weighted by Crippen LogP contribution is -2.37. The third-order valence-electron chi connectivity index (χ3n) is 11.1. The van der Waals surface area contributed by atoms with Crippen LogP contribution in [0.5, 0.6) is 5.75 Å². The van der Waals surface area contributed by atoms with E-state index in [1.807, 2.05) is 50.2 Å². The molecule has 8 nitrogen and oxygen atoms in total. The molecule has 0 bridgehead atoms. The van der Waals surface area contributed by atoms with E-state index < -0.39 is 5.79 Å². The van der Waals surface area contributed by atoms with Gasteiger partial charge in [-0.2, -0.15) is 0 Å². The number of hydrogen-bond acceptors (Lipinski definition) is 7. The molecule has 4 heterocycles. The fraction of sp³-hybridized carbons (Fsp3) is 0.432. The Balaban J connectivity index is 1.04. The van der Waals surface area contributed by atoms with Crippen molar-refractivity contribution in [3.63, 3.8) is 0 Å². The third-order valence-corrected chi connectivity index (χ3v) is 11.7. The van der Waals surface area contributed by atoms with Crippen molar-refractivity contribution in [2.75, 3.05) is 12.4 Å². The van der Waals surface area contributed by atoms with Crippen LogP contribution in [-0.4, -0.2) is 44.6 Å². The number of nitrogens with zero attached hydrogens (tertiary/aromatic N) is 4. The minimum absolute atomic E-state index is 0.0537. The van der Waals surface area contributed by atoms with Crippen LogP contribution in [0.15, 0.2) is 61.1 Å². The Morgan fingerprint density at radius 1 is 1.04 bits per heavy atom. The van der Waals surface area contributed by atoms with Gasteiger partial charge in [-0.15, -0.1) is 0 Å². The summed E-state index contributed by atoms with van der Waals surface area (Å²) in [5, 5.41) is 5.41. The van der Waals surface area contributed by atoms with Crippen LogP contribution in [0.25, 0.3) is 21.9 Å². The first-order chi connectivity index (χ1) is 23.1. The summed E-state index contributed by atoms with van der Waals surface area (Å²) in [5.74, 6) is 1.52. The van der Waals surface area contributed by atoms with Gasteiger partial charge in [-0.1, -0.05) is 35.3 Å². The first-order valence-corrected chi connectivity index (χ1v) is 17.4. The zero-order valence-corrected chi connectivity index (χ0v) is 28.4. The number of aromatic nitrogens is 4. The molecule has 3 saturated carbocycles. The highest BCUT2D eigenvalue weighted by Gasteiger charge is 2.78. The van der Waals surface area contributed by atoms with Crippen molar-refractivity contribution in [3.8, 4) is 5.75 Å². The Kier molecular flexibility index (Phi) is 7.00. The van der Waals surface area contributed by atoms with E-state index in [-0.39, 0.29) is 29.5 Å². The number of methoxy groups -OCH3 is 1. The van der Waals surface area contributed by atoms with E-state index in [1.54, 1.807) is 19.2 Å². The first-order valence-electron chi connectivity index (χ1n) is 16.6. The number of nitrogens with one attached hydrogen (secondary N) is 1. The number of ether oxygens (including phenoxy) is 3. The molecule has 4 aliphatic rings. The molecular weight excluding hydrogens is 652 g/mol. The summed E-state index contributed by atoms with van der Waals surface area (Å²) in [6.07, 6.45) is 7.51. The molecule has 9 rings (SSSR count). The summed E-state index contributed by atoms with van der Waals surface area (Å²) < 4.78 is 36.7. The van der Waals surface area contributed by atoms with Crippen molar-refractivity contribution in [1.82, 2.24) is 19.5 Å². The Morgan fingerprint density at radius 3 is 2.62 bits per heavy atom. The number of fused-ring (bicyclic) bond motifs is 5. The molecule has 4 fully saturated rings. The van der Waals surface area contributed by atoms with E-state index in [4.69, 9.17) is 42.4 Å². The molecule has 48 heavy (non-hydrogen) atoms. The standard InChI is InChI=1S/C37H36Cl2FN5O3/c1-36(2)47-31-30(45-11-10-23-33(39)42-18-43-35(23)45)26-16-37(26,32(31)48-36)25(21-6-7-21)12-20-13-28(40)24-15-27(38)34(44-29(24)14-20)41-17-19-4-8-22(46-3)9-5-19/h4-5,8-11,13-15,18,21,25-26,30-32H,6-7,12,16-17H2,1-3H3,(H,41,44)/t25?,26-,30-,31+,32+,37+/m1/s1. The van der Waals surface area contributed by atoms with Crippen LogP contribution in [0.3, 0.4) is 0 Å². The zero-order chi connectivity index (χ0) is 32.9. The molecule has 6 atom stereocenters. The second-order valence-corrected chi connectivity index (χ2v) is 15.1. The lowest BCUT2D eigenvalue weighted by molar-refractivity contribution is -0.164. The van der Waals surface area contributed by atoms with E-state index >= 15 is 4.39 Å². The second kappa shape index (κ2) is 11.0. The molecule has 1 N–H and O–H groups in total.